The van der Waals surface area contributed by atoms with Gasteiger partial charge >= 0.3 is 0 Å². The van der Waals surface area contributed by atoms with Crippen LogP contribution < -0.4 is 5.73 Å². The number of nitrogens with two attached hydrogens (primary N) is 1. The molecule has 1 aromatic rings. The molecule has 0 bridgehead atoms. The van der Waals surface area contributed by atoms with Crippen molar-refractivity contribution in [3.05, 3.63) is 11.8 Å². The number of anilines is 1. The van der Waals surface area contributed by atoms with E-state index < -0.39 is 0 Å². The lowest BCUT2D eigenvalue weighted by Gasteiger charge is -2.15. The normalized spacial score (nSPS) is 28.2. The smallest absolute Gasteiger partial charge is 0.122 e. The highest BCUT2D eigenvalue weighted by molar-refractivity contribution is 5.31. The number of aromatic nitrogens is 2. The maximum absolute atomic E-state index is 5.83. The molecule has 2 atom stereocenters. The Balaban J connectivity index is 2.28. The zero-order valence-electron chi connectivity index (χ0n) is 8.03. The highest BCUT2D eigenvalue weighted by Gasteiger charge is 2.27. The molecule has 0 saturated carbocycles. The monoisotopic (exact) mass is 181 g/mol. The fraction of sp³-hybridized carbons (Fsp3) is 0.667. The molecular formula is C9H15N3O. The predicted molar refractivity (Wildman–Crippen MR) is 50.4 cm³/mol. The number of aryl methyl sites for hydroxylation is 1. The molecule has 2 N–H and O–H groups in total. The van der Waals surface area contributed by atoms with Gasteiger partial charge in [0, 0.05) is 12.7 Å². The van der Waals surface area contributed by atoms with Gasteiger partial charge < -0.3 is 10.5 Å². The SMILES string of the molecule is Cc1cc(N)n(C2CCOC2C)n1. The molecule has 2 rings (SSSR count). The minimum Gasteiger partial charge on any atom is -0.384 e. The van der Waals surface area contributed by atoms with Crippen molar-refractivity contribution < 1.29 is 4.74 Å². The summed E-state index contributed by atoms with van der Waals surface area (Å²) in [5, 5.41) is 4.35. The van der Waals surface area contributed by atoms with Gasteiger partial charge in [-0.3, -0.25) is 0 Å². The first-order chi connectivity index (χ1) is 6.18. The molecule has 0 amide bonds. The van der Waals surface area contributed by atoms with E-state index in [0.717, 1.165) is 24.5 Å². The van der Waals surface area contributed by atoms with Crippen LogP contribution in [0.15, 0.2) is 6.07 Å². The molecule has 1 aromatic heterocycles. The average molecular weight is 181 g/mol. The summed E-state index contributed by atoms with van der Waals surface area (Å²) in [5.41, 5.74) is 6.80. The molecule has 1 aliphatic heterocycles. The molecule has 0 radical (unpaired) electrons. The maximum Gasteiger partial charge on any atom is 0.122 e. The van der Waals surface area contributed by atoms with Crippen molar-refractivity contribution in [1.82, 2.24) is 9.78 Å². The molecule has 0 spiro atoms. The van der Waals surface area contributed by atoms with Crippen molar-refractivity contribution in [3.8, 4) is 0 Å². The van der Waals surface area contributed by atoms with E-state index in [-0.39, 0.29) is 6.10 Å². The van der Waals surface area contributed by atoms with Gasteiger partial charge in [-0.1, -0.05) is 0 Å². The standard InChI is InChI=1S/C9H15N3O/c1-6-5-9(10)12(11-6)8-3-4-13-7(8)2/h5,7-8H,3-4,10H2,1-2H3. The first kappa shape index (κ1) is 8.56. The number of nitrogen functional groups attached to an aromatic ring is 1. The molecule has 72 valence electrons. The number of hydrogen-bond donors (Lipinski definition) is 1. The van der Waals surface area contributed by atoms with E-state index in [2.05, 4.69) is 12.0 Å². The molecular weight excluding hydrogens is 166 g/mol. The summed E-state index contributed by atoms with van der Waals surface area (Å²) < 4.78 is 7.35. The van der Waals surface area contributed by atoms with E-state index in [0.29, 0.717) is 6.04 Å². The molecule has 0 aromatic carbocycles. The topological polar surface area (TPSA) is 53.1 Å². The average Bonchev–Trinajstić information content (AvgIpc) is 2.58. The van der Waals surface area contributed by atoms with Crippen LogP contribution in [0.25, 0.3) is 0 Å². The Bertz CT molecular complexity index is 308. The lowest BCUT2D eigenvalue weighted by Crippen LogP contribution is -2.19. The van der Waals surface area contributed by atoms with Crippen molar-refractivity contribution in [2.75, 3.05) is 12.3 Å². The van der Waals surface area contributed by atoms with E-state index in [1.165, 1.54) is 0 Å². The third-order valence-corrected chi connectivity index (χ3v) is 2.54. The molecule has 1 aliphatic rings. The van der Waals surface area contributed by atoms with Gasteiger partial charge in [-0.25, -0.2) is 4.68 Å². The molecule has 1 fully saturated rings. The van der Waals surface area contributed by atoms with E-state index in [9.17, 15) is 0 Å². The van der Waals surface area contributed by atoms with Gasteiger partial charge in [-0.2, -0.15) is 5.10 Å². The fourth-order valence-electron chi connectivity index (χ4n) is 1.84. The van der Waals surface area contributed by atoms with E-state index in [1.807, 2.05) is 17.7 Å². The number of hydrogen-bond acceptors (Lipinski definition) is 3. The van der Waals surface area contributed by atoms with Gasteiger partial charge in [0.1, 0.15) is 5.82 Å². The molecule has 1 saturated heterocycles. The molecule has 2 heterocycles. The summed E-state index contributed by atoms with van der Waals surface area (Å²) >= 11 is 0. The van der Waals surface area contributed by atoms with Crippen molar-refractivity contribution in [2.45, 2.75) is 32.4 Å². The molecule has 2 unspecified atom stereocenters. The highest BCUT2D eigenvalue weighted by atomic mass is 16.5. The third-order valence-electron chi connectivity index (χ3n) is 2.54. The van der Waals surface area contributed by atoms with Crippen molar-refractivity contribution >= 4 is 5.82 Å². The summed E-state index contributed by atoms with van der Waals surface area (Å²) in [6.45, 7) is 4.83. The lowest BCUT2D eigenvalue weighted by atomic mass is 10.2. The predicted octanol–water partition coefficient (Wildman–Crippen LogP) is 1.12. The Labute approximate surface area is 77.7 Å². The summed E-state index contributed by atoms with van der Waals surface area (Å²) in [6, 6.07) is 2.21. The van der Waals surface area contributed by atoms with Gasteiger partial charge in [0.15, 0.2) is 0 Å². The summed E-state index contributed by atoms with van der Waals surface area (Å²) in [4.78, 5) is 0. The summed E-state index contributed by atoms with van der Waals surface area (Å²) in [7, 11) is 0. The molecule has 4 nitrogen and oxygen atoms in total. The molecule has 4 heteroatoms. The van der Waals surface area contributed by atoms with Crippen LogP contribution in [0.1, 0.15) is 25.1 Å². The van der Waals surface area contributed by atoms with Crippen molar-refractivity contribution in [1.29, 1.82) is 0 Å². The van der Waals surface area contributed by atoms with Crippen LogP contribution in [-0.2, 0) is 4.74 Å². The minimum atomic E-state index is 0.224. The van der Waals surface area contributed by atoms with Crippen molar-refractivity contribution in [3.63, 3.8) is 0 Å². The molecule has 13 heavy (non-hydrogen) atoms. The first-order valence-corrected chi connectivity index (χ1v) is 4.61. The Morgan fingerprint density at radius 3 is 2.92 bits per heavy atom. The highest BCUT2D eigenvalue weighted by Crippen LogP contribution is 2.27. The summed E-state index contributed by atoms with van der Waals surface area (Å²) in [5.74, 6) is 0.736. The van der Waals surface area contributed by atoms with Gasteiger partial charge in [0.05, 0.1) is 17.8 Å². The zero-order chi connectivity index (χ0) is 9.42. The largest absolute Gasteiger partial charge is 0.384 e. The van der Waals surface area contributed by atoms with Gasteiger partial charge in [-0.05, 0) is 20.3 Å². The van der Waals surface area contributed by atoms with Crippen LogP contribution >= 0.6 is 0 Å². The molecule has 0 aliphatic carbocycles. The van der Waals surface area contributed by atoms with Crippen LogP contribution in [0.5, 0.6) is 0 Å². The van der Waals surface area contributed by atoms with Crippen LogP contribution in [0.4, 0.5) is 5.82 Å². The third kappa shape index (κ3) is 1.42. The number of rotatable bonds is 1. The maximum atomic E-state index is 5.83. The van der Waals surface area contributed by atoms with Gasteiger partial charge in [0.2, 0.25) is 0 Å². The summed E-state index contributed by atoms with van der Waals surface area (Å²) in [6.07, 6.45) is 1.23. The van der Waals surface area contributed by atoms with Crippen LogP contribution in [0.2, 0.25) is 0 Å². The Morgan fingerprint density at radius 2 is 2.46 bits per heavy atom. The van der Waals surface area contributed by atoms with E-state index in [1.54, 1.807) is 0 Å². The second-order valence-corrected chi connectivity index (χ2v) is 3.59. The van der Waals surface area contributed by atoms with Gasteiger partial charge in [0.25, 0.3) is 0 Å². The fourth-order valence-corrected chi connectivity index (χ4v) is 1.84. The zero-order valence-corrected chi connectivity index (χ0v) is 8.03. The lowest BCUT2D eigenvalue weighted by molar-refractivity contribution is 0.105. The van der Waals surface area contributed by atoms with Gasteiger partial charge in [-0.15, -0.1) is 0 Å². The van der Waals surface area contributed by atoms with Crippen LogP contribution in [-0.4, -0.2) is 22.5 Å². The van der Waals surface area contributed by atoms with Crippen molar-refractivity contribution in [2.24, 2.45) is 0 Å². The second kappa shape index (κ2) is 3.03. The quantitative estimate of drug-likeness (QED) is 0.706. The number of ether oxygens (including phenoxy) is 1. The first-order valence-electron chi connectivity index (χ1n) is 4.61. The Kier molecular flexibility index (Phi) is 2.00. The van der Waals surface area contributed by atoms with E-state index in [4.69, 9.17) is 10.5 Å². The van der Waals surface area contributed by atoms with Crippen LogP contribution in [0.3, 0.4) is 0 Å². The number of nitrogens with zero attached hydrogens (tertiary/aromatic N) is 2. The second-order valence-electron chi connectivity index (χ2n) is 3.59. The van der Waals surface area contributed by atoms with Crippen LogP contribution in [0, 0.1) is 6.92 Å². The van der Waals surface area contributed by atoms with E-state index >= 15 is 0 Å². The Morgan fingerprint density at radius 1 is 1.69 bits per heavy atom. The Hall–Kier alpha value is -1.03. The minimum absolute atomic E-state index is 0.224.